The monoisotopic (exact) mass is 334 g/mol. The number of benzene rings is 1. The summed E-state index contributed by atoms with van der Waals surface area (Å²) in [4.78, 5) is 1.01. The summed E-state index contributed by atoms with van der Waals surface area (Å²) in [7, 11) is 0. The van der Waals surface area contributed by atoms with Crippen molar-refractivity contribution in [3.8, 4) is 0 Å². The van der Waals surface area contributed by atoms with Crippen LogP contribution >= 0.6 is 35.0 Å². The van der Waals surface area contributed by atoms with Crippen LogP contribution < -0.4 is 5.73 Å². The van der Waals surface area contributed by atoms with E-state index >= 15 is 0 Å². The highest BCUT2D eigenvalue weighted by atomic mass is 35.5. The molecule has 1 rings (SSSR count). The summed E-state index contributed by atoms with van der Waals surface area (Å²) in [5, 5.41) is 13.2. The number of halogens is 2. The SMILES string of the molecule is CC(C)(CCCCSc1cc(Cl)ccc1Cl)/C(N)=N/O. The maximum absolute atomic E-state index is 8.71. The van der Waals surface area contributed by atoms with Crippen molar-refractivity contribution in [2.24, 2.45) is 16.3 Å². The molecule has 0 unspecified atom stereocenters. The number of unbranched alkanes of at least 4 members (excludes halogenated alkanes) is 1. The zero-order valence-electron chi connectivity index (χ0n) is 11.7. The molecule has 0 aliphatic rings. The van der Waals surface area contributed by atoms with Crippen LogP contribution in [0, 0.1) is 5.41 Å². The maximum atomic E-state index is 8.71. The van der Waals surface area contributed by atoms with E-state index < -0.39 is 0 Å². The Labute approximate surface area is 134 Å². The third-order valence-corrected chi connectivity index (χ3v) is 4.97. The van der Waals surface area contributed by atoms with Gasteiger partial charge in [-0.2, -0.15) is 0 Å². The second kappa shape index (κ2) is 8.01. The van der Waals surface area contributed by atoms with E-state index in [9.17, 15) is 0 Å². The predicted octanol–water partition coefficient (Wildman–Crippen LogP) is 5.03. The fraction of sp³-hybridized carbons (Fsp3) is 0.500. The number of oxime groups is 1. The van der Waals surface area contributed by atoms with Crippen molar-refractivity contribution < 1.29 is 5.21 Å². The quantitative estimate of drug-likeness (QED) is 0.183. The molecule has 0 saturated carbocycles. The second-order valence-electron chi connectivity index (χ2n) is 5.25. The molecule has 0 aromatic heterocycles. The molecule has 0 spiro atoms. The predicted molar refractivity (Wildman–Crippen MR) is 88.2 cm³/mol. The molecular weight excluding hydrogens is 315 g/mol. The molecule has 3 N–H and O–H groups in total. The first kappa shape index (κ1) is 17.5. The summed E-state index contributed by atoms with van der Waals surface area (Å²) in [6, 6.07) is 5.48. The topological polar surface area (TPSA) is 58.6 Å². The van der Waals surface area contributed by atoms with Crippen LogP contribution in [0.1, 0.15) is 33.1 Å². The fourth-order valence-corrected chi connectivity index (χ4v) is 3.20. The Morgan fingerprint density at radius 2 is 2.05 bits per heavy atom. The van der Waals surface area contributed by atoms with Gasteiger partial charge in [0.25, 0.3) is 0 Å². The molecule has 20 heavy (non-hydrogen) atoms. The van der Waals surface area contributed by atoms with E-state index in [2.05, 4.69) is 5.16 Å². The van der Waals surface area contributed by atoms with Gasteiger partial charge in [0.15, 0.2) is 0 Å². The van der Waals surface area contributed by atoms with Gasteiger partial charge in [-0.05, 0) is 36.8 Å². The molecule has 0 bridgehead atoms. The number of nitrogens with two attached hydrogens (primary N) is 1. The molecule has 0 amide bonds. The van der Waals surface area contributed by atoms with Crippen molar-refractivity contribution >= 4 is 40.8 Å². The standard InChI is InChI=1S/C14H20Cl2N2OS/c1-14(2,13(17)18-19)7-3-4-8-20-12-9-10(15)5-6-11(12)16/h5-6,9,19H,3-4,7-8H2,1-2H3,(H2,17,18). The number of hydrogen-bond donors (Lipinski definition) is 2. The average molecular weight is 335 g/mol. The smallest absolute Gasteiger partial charge is 0.144 e. The van der Waals surface area contributed by atoms with Crippen LogP contribution in [-0.4, -0.2) is 16.8 Å². The van der Waals surface area contributed by atoms with Crippen LogP contribution in [0.3, 0.4) is 0 Å². The molecule has 3 nitrogen and oxygen atoms in total. The molecule has 1 aromatic rings. The van der Waals surface area contributed by atoms with E-state index in [1.54, 1.807) is 17.8 Å². The molecule has 0 fully saturated rings. The van der Waals surface area contributed by atoms with Gasteiger partial charge in [-0.1, -0.05) is 48.6 Å². The summed E-state index contributed by atoms with van der Waals surface area (Å²) < 4.78 is 0. The third kappa shape index (κ3) is 5.43. The molecule has 0 radical (unpaired) electrons. The largest absolute Gasteiger partial charge is 0.409 e. The molecular formula is C14H20Cl2N2OS. The van der Waals surface area contributed by atoms with E-state index in [4.69, 9.17) is 34.1 Å². The van der Waals surface area contributed by atoms with Gasteiger partial charge in [-0.3, -0.25) is 0 Å². The first-order valence-corrected chi connectivity index (χ1v) is 8.17. The maximum Gasteiger partial charge on any atom is 0.144 e. The van der Waals surface area contributed by atoms with Gasteiger partial charge in [-0.15, -0.1) is 11.8 Å². The summed E-state index contributed by atoms with van der Waals surface area (Å²) >= 11 is 13.7. The first-order chi connectivity index (χ1) is 9.36. The van der Waals surface area contributed by atoms with E-state index in [1.165, 1.54) is 0 Å². The fourth-order valence-electron chi connectivity index (χ4n) is 1.70. The summed E-state index contributed by atoms with van der Waals surface area (Å²) in [5.41, 5.74) is 5.39. The van der Waals surface area contributed by atoms with Gasteiger partial charge in [0.05, 0.1) is 5.02 Å². The van der Waals surface area contributed by atoms with Crippen molar-refractivity contribution in [1.82, 2.24) is 0 Å². The van der Waals surface area contributed by atoms with Crippen molar-refractivity contribution in [2.45, 2.75) is 38.0 Å². The molecule has 0 saturated heterocycles. The minimum absolute atomic E-state index is 0.271. The van der Waals surface area contributed by atoms with E-state index in [0.29, 0.717) is 5.02 Å². The lowest BCUT2D eigenvalue weighted by Gasteiger charge is -2.22. The van der Waals surface area contributed by atoms with Gasteiger partial charge in [-0.25, -0.2) is 0 Å². The normalized spacial score (nSPS) is 12.7. The van der Waals surface area contributed by atoms with Crippen LogP contribution in [0.2, 0.25) is 10.0 Å². The second-order valence-corrected chi connectivity index (χ2v) is 7.23. The lowest BCUT2D eigenvalue weighted by atomic mass is 9.86. The Morgan fingerprint density at radius 1 is 1.35 bits per heavy atom. The highest BCUT2D eigenvalue weighted by Gasteiger charge is 2.22. The zero-order chi connectivity index (χ0) is 15.2. The van der Waals surface area contributed by atoms with Crippen LogP contribution in [0.15, 0.2) is 28.3 Å². The average Bonchev–Trinajstić information content (AvgIpc) is 2.41. The Hall–Kier alpha value is -0.580. The molecule has 1 aromatic carbocycles. The van der Waals surface area contributed by atoms with Crippen molar-refractivity contribution in [2.75, 3.05) is 5.75 Å². The Kier molecular flexibility index (Phi) is 7.00. The van der Waals surface area contributed by atoms with Crippen molar-refractivity contribution in [1.29, 1.82) is 0 Å². The van der Waals surface area contributed by atoms with Gasteiger partial charge in [0.2, 0.25) is 0 Å². The van der Waals surface area contributed by atoms with Gasteiger partial charge in [0, 0.05) is 15.3 Å². The summed E-state index contributed by atoms with van der Waals surface area (Å²) in [5.74, 6) is 1.25. The number of nitrogens with zero attached hydrogens (tertiary/aromatic N) is 1. The highest BCUT2D eigenvalue weighted by molar-refractivity contribution is 7.99. The Balaban J connectivity index is 2.34. The minimum Gasteiger partial charge on any atom is -0.409 e. The Bertz CT molecular complexity index is 478. The van der Waals surface area contributed by atoms with Gasteiger partial charge < -0.3 is 10.9 Å². The molecule has 0 aliphatic heterocycles. The highest BCUT2D eigenvalue weighted by Crippen LogP contribution is 2.31. The molecule has 0 atom stereocenters. The molecule has 6 heteroatoms. The number of amidine groups is 1. The Morgan fingerprint density at radius 3 is 2.70 bits per heavy atom. The van der Waals surface area contributed by atoms with E-state index in [-0.39, 0.29) is 11.3 Å². The van der Waals surface area contributed by atoms with Crippen molar-refractivity contribution in [3.63, 3.8) is 0 Å². The van der Waals surface area contributed by atoms with Gasteiger partial charge in [0.1, 0.15) is 5.84 Å². The lowest BCUT2D eigenvalue weighted by molar-refractivity contribution is 0.304. The van der Waals surface area contributed by atoms with E-state index in [0.717, 1.165) is 34.9 Å². The zero-order valence-corrected chi connectivity index (χ0v) is 14.0. The first-order valence-electron chi connectivity index (χ1n) is 6.42. The third-order valence-electron chi connectivity index (χ3n) is 3.15. The molecule has 0 heterocycles. The van der Waals surface area contributed by atoms with E-state index in [1.807, 2.05) is 26.0 Å². The lowest BCUT2D eigenvalue weighted by Crippen LogP contribution is -2.31. The minimum atomic E-state index is -0.271. The molecule has 112 valence electrons. The number of rotatable bonds is 7. The summed E-state index contributed by atoms with van der Waals surface area (Å²) in [6.07, 6.45) is 2.93. The molecule has 0 aliphatic carbocycles. The van der Waals surface area contributed by atoms with Crippen molar-refractivity contribution in [3.05, 3.63) is 28.2 Å². The van der Waals surface area contributed by atoms with Crippen LogP contribution in [-0.2, 0) is 0 Å². The van der Waals surface area contributed by atoms with Crippen LogP contribution in [0.5, 0.6) is 0 Å². The van der Waals surface area contributed by atoms with Crippen LogP contribution in [0.25, 0.3) is 0 Å². The summed E-state index contributed by atoms with van der Waals surface area (Å²) in [6.45, 7) is 3.95. The van der Waals surface area contributed by atoms with Gasteiger partial charge >= 0.3 is 0 Å². The van der Waals surface area contributed by atoms with Crippen LogP contribution in [0.4, 0.5) is 0 Å². The number of thioether (sulfide) groups is 1. The number of hydrogen-bond acceptors (Lipinski definition) is 3.